The minimum atomic E-state index is -5.01. The molecule has 0 aromatic heterocycles. The van der Waals surface area contributed by atoms with Crippen molar-refractivity contribution in [2.45, 2.75) is 57.2 Å². The number of rotatable bonds is 11. The Bertz CT molecular complexity index is 1880. The summed E-state index contributed by atoms with van der Waals surface area (Å²) >= 11 is 5.71. The van der Waals surface area contributed by atoms with E-state index < -0.39 is 56.9 Å². The fourth-order valence-electron chi connectivity index (χ4n) is 6.99. The summed E-state index contributed by atoms with van der Waals surface area (Å²) in [5.41, 5.74) is -3.30. The second-order valence-electron chi connectivity index (χ2n) is 14.5. The van der Waals surface area contributed by atoms with E-state index >= 15 is 0 Å². The third kappa shape index (κ3) is 9.25. The Morgan fingerprint density at radius 1 is 0.667 bits per heavy atom. The average molecular weight is 798 g/mol. The summed E-state index contributed by atoms with van der Waals surface area (Å²) in [5, 5.41) is 9.84. The molecule has 54 heavy (non-hydrogen) atoms. The molecule has 0 heterocycles. The van der Waals surface area contributed by atoms with Gasteiger partial charge in [-0.15, -0.1) is 0 Å². The van der Waals surface area contributed by atoms with Gasteiger partial charge in [-0.25, -0.2) is 0 Å². The van der Waals surface area contributed by atoms with E-state index in [-0.39, 0.29) is 16.2 Å². The number of hydrogen-bond donors (Lipinski definition) is 2. The predicted octanol–water partition coefficient (Wildman–Crippen LogP) is 9.64. The van der Waals surface area contributed by atoms with Gasteiger partial charge >= 0.3 is 12.4 Å². The van der Waals surface area contributed by atoms with Gasteiger partial charge in [0, 0.05) is 5.69 Å². The highest BCUT2D eigenvalue weighted by atomic mass is 32.1. The molecule has 2 N–H and O–H groups in total. The fraction of sp³-hybridized carbons (Fsp3) is 0.262. The van der Waals surface area contributed by atoms with Crippen LogP contribution < -0.4 is 31.6 Å². The van der Waals surface area contributed by atoms with Crippen LogP contribution in [0.2, 0.25) is 5.04 Å². The van der Waals surface area contributed by atoms with E-state index in [0.29, 0.717) is 18.3 Å². The largest absolute Gasteiger partial charge is 0.416 e. The molecule has 5 rings (SSSR count). The molecule has 0 fully saturated rings. The van der Waals surface area contributed by atoms with Crippen molar-refractivity contribution < 1.29 is 30.8 Å². The Balaban J connectivity index is 1.62. The second-order valence-corrected chi connectivity index (χ2v) is 23.0. The van der Waals surface area contributed by atoms with Gasteiger partial charge in [0.2, 0.25) is 0 Å². The summed E-state index contributed by atoms with van der Waals surface area (Å²) in [6.07, 6.45) is -10.1. The first kappa shape index (κ1) is 41.1. The van der Waals surface area contributed by atoms with Crippen molar-refractivity contribution in [1.29, 1.82) is 0 Å². The maximum absolute atomic E-state index is 13.8. The molecule has 0 aliphatic heterocycles. The van der Waals surface area contributed by atoms with Crippen LogP contribution in [0, 0.1) is 0 Å². The molecule has 0 saturated carbocycles. The van der Waals surface area contributed by atoms with E-state index in [1.807, 2.05) is 79.7 Å². The summed E-state index contributed by atoms with van der Waals surface area (Å²) in [5.74, 6) is 0. The molecular formula is C42H44F6N2OPSSi+. The number of alkyl halides is 6. The molecule has 0 spiro atoms. The van der Waals surface area contributed by atoms with Crippen molar-refractivity contribution in [3.8, 4) is 0 Å². The normalized spacial score (nSPS) is 13.9. The van der Waals surface area contributed by atoms with Crippen molar-refractivity contribution in [2.24, 2.45) is 0 Å². The zero-order valence-corrected chi connectivity index (χ0v) is 33.4. The molecule has 284 valence electrons. The molecular weight excluding hydrogens is 754 g/mol. The number of benzene rings is 5. The first-order valence-electron chi connectivity index (χ1n) is 17.5. The summed E-state index contributed by atoms with van der Waals surface area (Å²) in [6, 6.07) is 41.2. The van der Waals surface area contributed by atoms with E-state index in [9.17, 15) is 26.3 Å². The van der Waals surface area contributed by atoms with Crippen LogP contribution in [-0.2, 0) is 16.8 Å². The first-order chi connectivity index (χ1) is 25.3. The van der Waals surface area contributed by atoms with Crippen LogP contribution >= 0.6 is 19.5 Å². The van der Waals surface area contributed by atoms with Gasteiger partial charge in [0.1, 0.15) is 0 Å². The molecule has 2 atom stereocenters. The van der Waals surface area contributed by atoms with Gasteiger partial charge in [-0.2, -0.15) is 26.3 Å². The van der Waals surface area contributed by atoms with Crippen LogP contribution in [-0.4, -0.2) is 38.4 Å². The zero-order chi connectivity index (χ0) is 39.4. The summed E-state index contributed by atoms with van der Waals surface area (Å²) in [4.78, 5) is 0. The van der Waals surface area contributed by atoms with E-state index in [0.717, 1.165) is 21.0 Å². The van der Waals surface area contributed by atoms with Crippen LogP contribution in [0.25, 0.3) is 0 Å². The van der Waals surface area contributed by atoms with Crippen molar-refractivity contribution in [2.75, 3.05) is 18.1 Å². The van der Waals surface area contributed by atoms with Gasteiger partial charge < -0.3 is 15.1 Å². The van der Waals surface area contributed by atoms with E-state index in [2.05, 4.69) is 86.6 Å². The number of hydrogen-bond acceptors (Lipinski definition) is 2. The predicted molar refractivity (Wildman–Crippen MR) is 218 cm³/mol. The summed E-state index contributed by atoms with van der Waals surface area (Å²) in [7, 11) is -5.38. The Morgan fingerprint density at radius 2 is 1.06 bits per heavy atom. The van der Waals surface area contributed by atoms with Crippen LogP contribution in [0.3, 0.4) is 0 Å². The number of thiocarbonyl (C=S) groups is 1. The van der Waals surface area contributed by atoms with Gasteiger partial charge in [0.25, 0.3) is 8.32 Å². The van der Waals surface area contributed by atoms with Gasteiger partial charge in [-0.05, 0) is 77.0 Å². The fourth-order valence-corrected chi connectivity index (χ4v) is 15.6. The second kappa shape index (κ2) is 16.4. The molecule has 12 heteroatoms. The highest BCUT2D eigenvalue weighted by Gasteiger charge is 2.53. The van der Waals surface area contributed by atoms with Gasteiger partial charge in [-0.3, -0.25) is 0 Å². The highest BCUT2D eigenvalue weighted by Crippen LogP contribution is 2.53. The Hall–Kier alpha value is -4.02. The Kier molecular flexibility index (Phi) is 12.5. The summed E-state index contributed by atoms with van der Waals surface area (Å²) in [6.45, 7) is 10.7. The third-order valence-electron chi connectivity index (χ3n) is 9.72. The lowest BCUT2D eigenvalue weighted by Crippen LogP contribution is -2.69. The van der Waals surface area contributed by atoms with Gasteiger partial charge in [0.05, 0.1) is 54.0 Å². The lowest BCUT2D eigenvalue weighted by atomic mass is 10.1. The van der Waals surface area contributed by atoms with Crippen LogP contribution in [0.4, 0.5) is 32.0 Å². The summed E-state index contributed by atoms with van der Waals surface area (Å²) < 4.78 is 90.2. The topological polar surface area (TPSA) is 33.3 Å². The minimum absolute atomic E-state index is 0.0971. The molecule has 0 aliphatic carbocycles. The van der Waals surface area contributed by atoms with Crippen molar-refractivity contribution in [3.05, 3.63) is 151 Å². The standard InChI is InChI=1S/C42H43F6N2OPSSi/c1-30(51-54(40(2,3)4,36-22-14-8-15-23-36)37-24-16-9-17-25-37)38(29-52(5,34-18-10-6-11-19-34)35-20-12-7-13-21-35)50-39(53)49-33-27-31(41(43,44)45)26-32(28-33)42(46,47)48/h6-28,30,38H,29H2,1-5H3,(H-,49,50,53)/p+1/t30-,38-/m1/s1. The van der Waals surface area contributed by atoms with Crippen LogP contribution in [0.5, 0.6) is 0 Å². The van der Waals surface area contributed by atoms with Crippen LogP contribution in [0.15, 0.2) is 140 Å². The zero-order valence-electron chi connectivity index (χ0n) is 30.7. The maximum Gasteiger partial charge on any atom is 0.416 e. The lowest BCUT2D eigenvalue weighted by molar-refractivity contribution is -0.143. The van der Waals surface area contributed by atoms with Crippen LogP contribution in [0.1, 0.15) is 38.8 Å². The lowest BCUT2D eigenvalue weighted by Gasteiger charge is -2.46. The van der Waals surface area contributed by atoms with Crippen molar-refractivity contribution in [3.63, 3.8) is 0 Å². The number of anilines is 1. The molecule has 0 radical (unpaired) electrons. The molecule has 5 aromatic rings. The smallest absolute Gasteiger partial charge is 0.403 e. The van der Waals surface area contributed by atoms with Crippen molar-refractivity contribution >= 4 is 59.6 Å². The SMILES string of the molecule is C[C@@H](O[Si](c1ccccc1)(c1ccccc1)C(C)(C)C)[C@@H](C[P+](C)(c1ccccc1)c1ccccc1)NC(=S)Nc1cc(C(F)(F)F)cc(C(F)(F)F)c1. The van der Waals surface area contributed by atoms with Crippen molar-refractivity contribution in [1.82, 2.24) is 5.32 Å². The molecule has 3 nitrogen and oxygen atoms in total. The molecule has 0 aliphatic rings. The molecule has 0 bridgehead atoms. The maximum atomic E-state index is 13.8. The highest BCUT2D eigenvalue weighted by molar-refractivity contribution is 7.89. The van der Waals surface area contributed by atoms with E-state index in [4.69, 9.17) is 16.6 Å². The average Bonchev–Trinajstić information content (AvgIpc) is 3.13. The van der Waals surface area contributed by atoms with E-state index in [1.54, 1.807) is 0 Å². The third-order valence-corrected chi connectivity index (χ3v) is 19.1. The quantitative estimate of drug-likeness (QED) is 0.0604. The molecule has 0 amide bonds. The van der Waals surface area contributed by atoms with Gasteiger partial charge in [0.15, 0.2) is 5.11 Å². The molecule has 0 unspecified atom stereocenters. The first-order valence-corrected chi connectivity index (χ1v) is 22.2. The van der Waals surface area contributed by atoms with Gasteiger partial charge in [-0.1, -0.05) is 118 Å². The van der Waals surface area contributed by atoms with E-state index in [1.165, 1.54) is 0 Å². The monoisotopic (exact) mass is 797 g/mol. The number of nitrogens with one attached hydrogen (secondary N) is 2. The molecule has 5 aromatic carbocycles. The number of halogens is 6. The Labute approximate surface area is 320 Å². The molecule has 0 saturated heterocycles. The minimum Gasteiger partial charge on any atom is -0.403 e. The Morgan fingerprint density at radius 3 is 1.43 bits per heavy atom.